The first-order valence-electron chi connectivity index (χ1n) is 7.77. The second-order valence-electron chi connectivity index (χ2n) is 5.45. The number of amides is 1. The Kier molecular flexibility index (Phi) is 5.98. The van der Waals surface area contributed by atoms with Gasteiger partial charge >= 0.3 is 5.97 Å². The average Bonchev–Trinajstić information content (AvgIpc) is 2.82. The number of para-hydroxylation sites is 1. The van der Waals surface area contributed by atoms with E-state index in [4.69, 9.17) is 4.74 Å². The molecule has 0 radical (unpaired) electrons. The Morgan fingerprint density at radius 1 is 1.21 bits per heavy atom. The number of rotatable bonds is 6. The van der Waals surface area contributed by atoms with Crippen LogP contribution in [0.3, 0.4) is 0 Å². The van der Waals surface area contributed by atoms with Crippen molar-refractivity contribution in [1.29, 1.82) is 0 Å². The fraction of sp³-hybridized carbons (Fsp3) is 0.333. The van der Waals surface area contributed by atoms with Crippen LogP contribution in [0.15, 0.2) is 30.3 Å². The molecule has 0 aliphatic heterocycles. The summed E-state index contributed by atoms with van der Waals surface area (Å²) >= 11 is 1.40. The fourth-order valence-electron chi connectivity index (χ4n) is 2.32. The molecule has 6 heteroatoms. The summed E-state index contributed by atoms with van der Waals surface area (Å²) in [7, 11) is 1.85. The van der Waals surface area contributed by atoms with Crippen LogP contribution in [-0.2, 0) is 9.53 Å². The summed E-state index contributed by atoms with van der Waals surface area (Å²) in [5, 5.41) is 3.40. The van der Waals surface area contributed by atoms with Crippen molar-refractivity contribution in [3.63, 3.8) is 0 Å². The molecule has 0 atom stereocenters. The fourth-order valence-corrected chi connectivity index (χ4v) is 3.38. The van der Waals surface area contributed by atoms with Crippen LogP contribution in [0.4, 0.5) is 10.7 Å². The predicted molar refractivity (Wildman–Crippen MR) is 98.1 cm³/mol. The number of thiophene rings is 1. The molecule has 2 aromatic rings. The lowest BCUT2D eigenvalue weighted by Crippen LogP contribution is -2.30. The molecule has 1 N–H and O–H groups in total. The van der Waals surface area contributed by atoms with Crippen molar-refractivity contribution >= 4 is 33.9 Å². The van der Waals surface area contributed by atoms with Gasteiger partial charge < -0.3 is 15.0 Å². The van der Waals surface area contributed by atoms with E-state index in [1.807, 2.05) is 56.1 Å². The lowest BCUT2D eigenvalue weighted by Gasteiger charge is -2.18. The van der Waals surface area contributed by atoms with Crippen LogP contribution in [0.5, 0.6) is 0 Å². The van der Waals surface area contributed by atoms with E-state index >= 15 is 0 Å². The van der Waals surface area contributed by atoms with Crippen molar-refractivity contribution in [2.75, 3.05) is 30.4 Å². The number of carbonyl (C=O) groups excluding carboxylic acids is 2. The molecule has 0 spiro atoms. The molecule has 1 amide bonds. The van der Waals surface area contributed by atoms with Crippen molar-refractivity contribution in [2.24, 2.45) is 0 Å². The summed E-state index contributed by atoms with van der Waals surface area (Å²) < 4.78 is 5.10. The zero-order valence-corrected chi connectivity index (χ0v) is 15.2. The normalized spacial score (nSPS) is 10.3. The van der Waals surface area contributed by atoms with Gasteiger partial charge in [-0.05, 0) is 38.5 Å². The first-order chi connectivity index (χ1) is 11.4. The van der Waals surface area contributed by atoms with Crippen LogP contribution in [0, 0.1) is 13.8 Å². The van der Waals surface area contributed by atoms with Crippen molar-refractivity contribution in [2.45, 2.75) is 20.8 Å². The molecule has 0 fully saturated rings. The number of esters is 1. The van der Waals surface area contributed by atoms with Gasteiger partial charge in [-0.15, -0.1) is 11.3 Å². The Labute approximate surface area is 146 Å². The minimum atomic E-state index is -0.397. The number of anilines is 2. The van der Waals surface area contributed by atoms with Crippen LogP contribution in [-0.4, -0.2) is 32.1 Å². The van der Waals surface area contributed by atoms with Gasteiger partial charge in [0, 0.05) is 17.6 Å². The molecule has 0 unspecified atom stereocenters. The molecule has 1 aromatic heterocycles. The van der Waals surface area contributed by atoms with Crippen molar-refractivity contribution in [1.82, 2.24) is 0 Å². The Hall–Kier alpha value is -2.34. The maximum absolute atomic E-state index is 12.4. The number of hydrogen-bond donors (Lipinski definition) is 1. The number of nitrogens with one attached hydrogen (secondary N) is 1. The topological polar surface area (TPSA) is 58.6 Å². The third-order valence-corrected chi connectivity index (χ3v) is 4.82. The molecule has 0 saturated carbocycles. The van der Waals surface area contributed by atoms with Crippen molar-refractivity contribution in [3.8, 4) is 0 Å². The van der Waals surface area contributed by atoms with Gasteiger partial charge in [-0.3, -0.25) is 4.79 Å². The van der Waals surface area contributed by atoms with Crippen LogP contribution < -0.4 is 10.2 Å². The monoisotopic (exact) mass is 346 g/mol. The number of aryl methyl sites for hydroxylation is 1. The quantitative estimate of drug-likeness (QED) is 0.812. The molecule has 0 aliphatic carbocycles. The van der Waals surface area contributed by atoms with Crippen LogP contribution in [0.1, 0.15) is 27.7 Å². The highest BCUT2D eigenvalue weighted by atomic mass is 32.1. The smallest absolute Gasteiger partial charge is 0.341 e. The summed E-state index contributed by atoms with van der Waals surface area (Å²) in [5.41, 5.74) is 2.26. The number of carbonyl (C=O) groups is 2. The summed E-state index contributed by atoms with van der Waals surface area (Å²) in [6, 6.07) is 9.66. The first-order valence-corrected chi connectivity index (χ1v) is 8.58. The average molecular weight is 346 g/mol. The lowest BCUT2D eigenvalue weighted by molar-refractivity contribution is -0.114. The molecule has 5 nitrogen and oxygen atoms in total. The third kappa shape index (κ3) is 4.14. The molecule has 1 aromatic carbocycles. The SMILES string of the molecule is CCOC(=O)c1c(NC(=O)CN(C)c2ccccc2)sc(C)c1C. The van der Waals surface area contributed by atoms with Crippen LogP contribution >= 0.6 is 11.3 Å². The predicted octanol–water partition coefficient (Wildman–Crippen LogP) is 3.62. The van der Waals surface area contributed by atoms with Gasteiger partial charge in [0.2, 0.25) is 5.91 Å². The van der Waals surface area contributed by atoms with Crippen molar-refractivity contribution < 1.29 is 14.3 Å². The lowest BCUT2D eigenvalue weighted by atomic mass is 10.1. The molecule has 24 heavy (non-hydrogen) atoms. The Morgan fingerprint density at radius 3 is 2.50 bits per heavy atom. The van der Waals surface area contributed by atoms with E-state index in [0.717, 1.165) is 16.1 Å². The van der Waals surface area contributed by atoms with Gasteiger partial charge in [0.1, 0.15) is 5.00 Å². The molecule has 0 bridgehead atoms. The second-order valence-corrected chi connectivity index (χ2v) is 6.67. The Balaban J connectivity index is 2.12. The largest absolute Gasteiger partial charge is 0.462 e. The minimum Gasteiger partial charge on any atom is -0.462 e. The van der Waals surface area contributed by atoms with E-state index in [1.165, 1.54) is 11.3 Å². The van der Waals surface area contributed by atoms with Gasteiger partial charge in [-0.1, -0.05) is 18.2 Å². The molecular formula is C18H22N2O3S. The highest BCUT2D eigenvalue weighted by Gasteiger charge is 2.22. The van der Waals surface area contributed by atoms with Crippen LogP contribution in [0.25, 0.3) is 0 Å². The van der Waals surface area contributed by atoms with Crippen molar-refractivity contribution in [3.05, 3.63) is 46.3 Å². The second kappa shape index (κ2) is 7.97. The molecule has 1 heterocycles. The zero-order valence-electron chi connectivity index (χ0n) is 14.4. The van der Waals surface area contributed by atoms with Gasteiger partial charge in [0.15, 0.2) is 0 Å². The van der Waals surface area contributed by atoms with Gasteiger partial charge in [-0.2, -0.15) is 0 Å². The number of benzene rings is 1. The molecule has 128 valence electrons. The Bertz CT molecular complexity index is 725. The number of ether oxygens (including phenoxy) is 1. The highest BCUT2D eigenvalue weighted by molar-refractivity contribution is 7.16. The number of likely N-dealkylation sites (N-methyl/N-ethyl adjacent to an activating group) is 1. The standard InChI is InChI=1S/C18H22N2O3S/c1-5-23-18(22)16-12(2)13(3)24-17(16)19-15(21)11-20(4)14-9-7-6-8-10-14/h6-10H,5,11H2,1-4H3,(H,19,21). The minimum absolute atomic E-state index is 0.173. The van der Waals surface area contributed by atoms with E-state index in [-0.39, 0.29) is 12.5 Å². The summed E-state index contributed by atoms with van der Waals surface area (Å²) in [6.07, 6.45) is 0. The van der Waals surface area contributed by atoms with E-state index in [2.05, 4.69) is 5.32 Å². The maximum Gasteiger partial charge on any atom is 0.341 e. The van der Waals surface area contributed by atoms with Gasteiger partial charge in [0.05, 0.1) is 18.7 Å². The first kappa shape index (κ1) is 18.0. The third-order valence-electron chi connectivity index (χ3n) is 3.70. The van der Waals surface area contributed by atoms with E-state index in [9.17, 15) is 9.59 Å². The summed E-state index contributed by atoms with van der Waals surface area (Å²) in [4.78, 5) is 27.3. The van der Waals surface area contributed by atoms with Crippen LogP contribution in [0.2, 0.25) is 0 Å². The molecule has 2 rings (SSSR count). The number of nitrogens with zero attached hydrogens (tertiary/aromatic N) is 1. The molecular weight excluding hydrogens is 324 g/mol. The van der Waals surface area contributed by atoms with E-state index in [1.54, 1.807) is 6.92 Å². The number of hydrogen-bond acceptors (Lipinski definition) is 5. The van der Waals surface area contributed by atoms with E-state index < -0.39 is 5.97 Å². The highest BCUT2D eigenvalue weighted by Crippen LogP contribution is 2.33. The van der Waals surface area contributed by atoms with Gasteiger partial charge in [0.25, 0.3) is 0 Å². The Morgan fingerprint density at radius 2 is 1.88 bits per heavy atom. The zero-order chi connectivity index (χ0) is 17.7. The summed E-state index contributed by atoms with van der Waals surface area (Å²) in [6.45, 7) is 6.05. The maximum atomic E-state index is 12.4. The van der Waals surface area contributed by atoms with Gasteiger partial charge in [-0.25, -0.2) is 4.79 Å². The summed E-state index contributed by atoms with van der Waals surface area (Å²) in [5.74, 6) is -0.570. The molecule has 0 saturated heterocycles. The van der Waals surface area contributed by atoms with E-state index in [0.29, 0.717) is 17.2 Å². The molecule has 0 aliphatic rings.